The van der Waals surface area contributed by atoms with Crippen molar-refractivity contribution in [2.75, 3.05) is 0 Å². The van der Waals surface area contributed by atoms with Gasteiger partial charge in [0, 0.05) is 0 Å². The maximum Gasteiger partial charge on any atom is 0.139 e. The van der Waals surface area contributed by atoms with Crippen LogP contribution in [0.15, 0.2) is 36.4 Å². The summed E-state index contributed by atoms with van der Waals surface area (Å²) in [4.78, 5) is 0. The first kappa shape index (κ1) is 27.6. The second-order valence-corrected chi connectivity index (χ2v) is 13.8. The van der Waals surface area contributed by atoms with E-state index >= 15 is 0 Å². The van der Waals surface area contributed by atoms with Crippen molar-refractivity contribution >= 4 is 66.5 Å². The molecule has 0 saturated carbocycles. The van der Waals surface area contributed by atoms with Crippen molar-refractivity contribution in [1.82, 2.24) is 0 Å². The van der Waals surface area contributed by atoms with Crippen LogP contribution in [0.25, 0.3) is 22.3 Å². The van der Waals surface area contributed by atoms with Gasteiger partial charge in [-0.05, 0) is 61.3 Å². The van der Waals surface area contributed by atoms with Gasteiger partial charge in [-0.25, -0.2) is 0 Å². The van der Waals surface area contributed by atoms with Crippen molar-refractivity contribution in [2.24, 2.45) is 0 Å². The molecule has 0 heterocycles. The third kappa shape index (κ3) is 5.55. The highest BCUT2D eigenvalue weighted by atomic mass is 14.3. The molecule has 3 aromatic rings. The highest BCUT2D eigenvalue weighted by molar-refractivity contribution is 6.68. The molecule has 0 nitrogen and oxygen atoms in total. The number of hydrogen-bond acceptors (Lipinski definition) is 0. The zero-order valence-electron chi connectivity index (χ0n) is 25.0. The molecule has 0 fully saturated rings. The fraction of sp³-hybridized carbons (Fsp3) is 0.400. The largest absolute Gasteiger partial charge is 0.139 e. The smallest absolute Gasteiger partial charge is 0.102 e. The Labute approximate surface area is 220 Å². The first-order chi connectivity index (χ1) is 15.8. The van der Waals surface area contributed by atoms with Crippen molar-refractivity contribution in [3.63, 3.8) is 0 Å². The molecule has 0 aliphatic carbocycles. The van der Waals surface area contributed by atoms with Crippen molar-refractivity contribution < 1.29 is 0 Å². The van der Waals surface area contributed by atoms with E-state index in [9.17, 15) is 0 Å². The SMILES string of the molecule is Bc1c(B)c(B)c(-c2cc(-c3cc(C(C)(C)C)cc(C(C)(C)C)c3)cc(C(C)(C)C)c2)c(B)c1B. The Balaban J connectivity index is 2.42. The summed E-state index contributed by atoms with van der Waals surface area (Å²) in [5.74, 6) is 0. The summed E-state index contributed by atoms with van der Waals surface area (Å²) in [6.45, 7) is 20.9. The quantitative estimate of drug-likeness (QED) is 0.483. The van der Waals surface area contributed by atoms with Gasteiger partial charge in [0.2, 0.25) is 0 Å². The molecule has 0 aliphatic rings. The molecule has 0 spiro atoms. The van der Waals surface area contributed by atoms with Crippen molar-refractivity contribution in [1.29, 1.82) is 0 Å². The molecule has 0 radical (unpaired) electrons. The highest BCUT2D eigenvalue weighted by Gasteiger charge is 2.23. The summed E-state index contributed by atoms with van der Waals surface area (Å²) >= 11 is 0. The van der Waals surface area contributed by atoms with Crippen LogP contribution in [0.2, 0.25) is 0 Å². The van der Waals surface area contributed by atoms with Crippen molar-refractivity contribution in [3.05, 3.63) is 53.1 Å². The maximum atomic E-state index is 2.44. The van der Waals surface area contributed by atoms with Crippen LogP contribution in [0.5, 0.6) is 0 Å². The first-order valence-corrected chi connectivity index (χ1v) is 13.2. The number of hydrogen-bond donors (Lipinski definition) is 0. The minimum absolute atomic E-state index is 0.0653. The molecule has 0 unspecified atom stereocenters. The van der Waals surface area contributed by atoms with E-state index in [4.69, 9.17) is 0 Å². The lowest BCUT2D eigenvalue weighted by Crippen LogP contribution is -2.55. The Bertz CT molecular complexity index is 1220. The van der Waals surface area contributed by atoms with Gasteiger partial charge in [0.1, 0.15) is 39.2 Å². The molecular weight excluding hydrogens is 414 g/mol. The maximum absolute atomic E-state index is 2.44. The van der Waals surface area contributed by atoms with Crippen LogP contribution in [-0.2, 0) is 16.2 Å². The van der Waals surface area contributed by atoms with Gasteiger partial charge >= 0.3 is 0 Å². The zero-order valence-corrected chi connectivity index (χ0v) is 25.0. The summed E-state index contributed by atoms with van der Waals surface area (Å²) in [7, 11) is 11.4. The van der Waals surface area contributed by atoms with Crippen LogP contribution in [0.4, 0.5) is 0 Å². The van der Waals surface area contributed by atoms with Gasteiger partial charge in [-0.3, -0.25) is 0 Å². The van der Waals surface area contributed by atoms with Crippen LogP contribution in [0, 0.1) is 0 Å². The van der Waals surface area contributed by atoms with Gasteiger partial charge < -0.3 is 0 Å². The normalized spacial score (nSPS) is 12.7. The van der Waals surface area contributed by atoms with E-state index < -0.39 is 0 Å². The summed E-state index contributed by atoms with van der Waals surface area (Å²) in [6, 6.07) is 14.6. The van der Waals surface area contributed by atoms with Gasteiger partial charge in [0.25, 0.3) is 0 Å². The Morgan fingerprint density at radius 3 is 1.03 bits per heavy atom. The third-order valence-corrected chi connectivity index (χ3v) is 8.09. The average molecular weight is 458 g/mol. The Morgan fingerprint density at radius 2 is 0.657 bits per heavy atom. The number of rotatable bonds is 2. The summed E-state index contributed by atoms with van der Waals surface area (Å²) in [5.41, 5.74) is 16.9. The number of benzene rings is 3. The molecule has 3 rings (SSSR count). The monoisotopic (exact) mass is 458 g/mol. The summed E-state index contributed by atoms with van der Waals surface area (Å²) in [5, 5.41) is 0. The van der Waals surface area contributed by atoms with E-state index in [-0.39, 0.29) is 16.2 Å². The Kier molecular flexibility index (Phi) is 7.19. The first-order valence-electron chi connectivity index (χ1n) is 13.2. The summed E-state index contributed by atoms with van der Waals surface area (Å²) < 4.78 is 0. The third-order valence-electron chi connectivity index (χ3n) is 8.09. The van der Waals surface area contributed by atoms with E-state index in [1.165, 1.54) is 66.3 Å². The standard InChI is InChI=1S/C30H43B5/c1-28(2,3)19-11-16(17-12-20(29(4,5)6)15-21(13-17)30(7,8)9)10-18(14-19)22-23(31)25(33)27(35)26(34)24(22)32/h10-15H,31-35H2,1-9H3. The average Bonchev–Trinajstić information content (AvgIpc) is 2.74. The van der Waals surface area contributed by atoms with E-state index in [1.807, 2.05) is 0 Å². The molecule has 0 amide bonds. The van der Waals surface area contributed by atoms with Gasteiger partial charge in [0.15, 0.2) is 0 Å². The van der Waals surface area contributed by atoms with Gasteiger partial charge in [-0.1, -0.05) is 104 Å². The van der Waals surface area contributed by atoms with Crippen LogP contribution >= 0.6 is 0 Å². The van der Waals surface area contributed by atoms with Gasteiger partial charge in [-0.15, -0.1) is 16.4 Å². The molecule has 35 heavy (non-hydrogen) atoms. The van der Waals surface area contributed by atoms with E-state index in [0.29, 0.717) is 0 Å². The van der Waals surface area contributed by atoms with Gasteiger partial charge in [-0.2, -0.15) is 0 Å². The molecule has 0 bridgehead atoms. The Hall–Kier alpha value is -2.02. The fourth-order valence-electron chi connectivity index (χ4n) is 4.96. The van der Waals surface area contributed by atoms with Crippen molar-refractivity contribution in [3.8, 4) is 22.3 Å². The van der Waals surface area contributed by atoms with Crippen LogP contribution in [-0.4, -0.2) is 39.2 Å². The second-order valence-electron chi connectivity index (χ2n) is 13.8. The van der Waals surface area contributed by atoms with Gasteiger partial charge in [0.05, 0.1) is 0 Å². The molecule has 0 atom stereocenters. The molecule has 5 heteroatoms. The van der Waals surface area contributed by atoms with Crippen LogP contribution in [0.3, 0.4) is 0 Å². The lowest BCUT2D eigenvalue weighted by atomic mass is 9.59. The topological polar surface area (TPSA) is 0 Å². The zero-order chi connectivity index (χ0) is 26.7. The fourth-order valence-corrected chi connectivity index (χ4v) is 4.96. The predicted molar refractivity (Wildman–Crippen MR) is 174 cm³/mol. The molecule has 3 aromatic carbocycles. The van der Waals surface area contributed by atoms with E-state index in [0.717, 1.165) is 0 Å². The molecule has 0 aromatic heterocycles. The molecule has 0 N–H and O–H groups in total. The minimum atomic E-state index is 0.0653. The molecular formula is C30H43B5. The van der Waals surface area contributed by atoms with E-state index in [2.05, 4.69) is 138 Å². The Morgan fingerprint density at radius 1 is 0.371 bits per heavy atom. The van der Waals surface area contributed by atoms with E-state index in [1.54, 1.807) is 0 Å². The highest BCUT2D eigenvalue weighted by Crippen LogP contribution is 2.37. The molecule has 0 aliphatic heterocycles. The summed E-state index contributed by atoms with van der Waals surface area (Å²) in [6.07, 6.45) is 0. The van der Waals surface area contributed by atoms with Crippen molar-refractivity contribution in [2.45, 2.75) is 78.6 Å². The lowest BCUT2D eigenvalue weighted by molar-refractivity contribution is 0.569. The van der Waals surface area contributed by atoms with Crippen LogP contribution < -0.4 is 27.3 Å². The predicted octanol–water partition coefficient (Wildman–Crippen LogP) is 0.205. The molecule has 0 saturated heterocycles. The second kappa shape index (κ2) is 9.13. The lowest BCUT2D eigenvalue weighted by Gasteiger charge is -2.28. The minimum Gasteiger partial charge on any atom is -0.102 e. The van der Waals surface area contributed by atoms with Crippen LogP contribution in [0.1, 0.15) is 79.0 Å². The molecule has 178 valence electrons.